The van der Waals surface area contributed by atoms with Crippen LogP contribution in [0.25, 0.3) is 0 Å². The van der Waals surface area contributed by atoms with E-state index < -0.39 is 15.7 Å². The van der Waals surface area contributed by atoms with Gasteiger partial charge in [-0.3, -0.25) is 0 Å². The van der Waals surface area contributed by atoms with Crippen LogP contribution in [-0.2, 0) is 14.9 Å². The first-order valence-electron chi connectivity index (χ1n) is 6.89. The van der Waals surface area contributed by atoms with Crippen molar-refractivity contribution in [1.82, 2.24) is 14.8 Å². The second-order valence-corrected chi connectivity index (χ2v) is 7.42. The lowest BCUT2D eigenvalue weighted by Gasteiger charge is -2.23. The molecular weight excluding hydrogens is 266 g/mol. The lowest BCUT2D eigenvalue weighted by molar-refractivity contribution is 0.0322. The van der Waals surface area contributed by atoms with Crippen molar-refractivity contribution in [1.29, 1.82) is 0 Å². The molecule has 1 heterocycles. The van der Waals surface area contributed by atoms with Gasteiger partial charge in [-0.1, -0.05) is 0 Å². The van der Waals surface area contributed by atoms with Gasteiger partial charge in [-0.15, -0.1) is 0 Å². The number of rotatable bonds is 7. The van der Waals surface area contributed by atoms with Crippen LogP contribution < -0.4 is 14.8 Å². The van der Waals surface area contributed by atoms with Crippen LogP contribution in [-0.4, -0.2) is 46.3 Å². The van der Waals surface area contributed by atoms with Crippen molar-refractivity contribution in [2.24, 2.45) is 0 Å². The van der Waals surface area contributed by atoms with E-state index in [1.54, 1.807) is 0 Å². The first-order chi connectivity index (χ1) is 8.79. The molecule has 0 aromatic carbocycles. The second-order valence-electron chi connectivity index (χ2n) is 5.92. The van der Waals surface area contributed by atoms with Gasteiger partial charge in [0, 0.05) is 18.7 Å². The minimum atomic E-state index is -3.41. The van der Waals surface area contributed by atoms with Crippen molar-refractivity contribution in [2.45, 2.75) is 51.7 Å². The van der Waals surface area contributed by atoms with Crippen molar-refractivity contribution in [3.05, 3.63) is 0 Å². The maximum absolute atomic E-state index is 11.6. The van der Waals surface area contributed by atoms with Gasteiger partial charge in [0.2, 0.25) is 0 Å². The Morgan fingerprint density at radius 1 is 1.26 bits per heavy atom. The van der Waals surface area contributed by atoms with Crippen molar-refractivity contribution in [3.8, 4) is 0 Å². The first-order valence-corrected chi connectivity index (χ1v) is 8.38. The number of nitrogens with one attached hydrogen (secondary N) is 3. The Hall–Kier alpha value is -0.210. The van der Waals surface area contributed by atoms with E-state index in [1.807, 2.05) is 20.8 Å². The fourth-order valence-electron chi connectivity index (χ4n) is 1.93. The average molecular weight is 293 g/mol. The zero-order valence-corrected chi connectivity index (χ0v) is 13.0. The standard InChI is InChI=1S/C12H27N3O3S/c1-12(2,3)15-19(16,17)14-7-4-10-18-11-5-8-13-9-6-11/h11,13-15H,4-10H2,1-3H3. The number of hydrogen-bond donors (Lipinski definition) is 3. The molecule has 0 aliphatic carbocycles. The SMILES string of the molecule is CC(C)(C)NS(=O)(=O)NCCCOC1CCNCC1. The van der Waals surface area contributed by atoms with E-state index in [1.165, 1.54) is 0 Å². The fraction of sp³-hybridized carbons (Fsp3) is 1.00. The van der Waals surface area contributed by atoms with Gasteiger partial charge in [0.25, 0.3) is 10.2 Å². The first kappa shape index (κ1) is 16.8. The lowest BCUT2D eigenvalue weighted by atomic mass is 10.1. The summed E-state index contributed by atoms with van der Waals surface area (Å²) in [6.45, 7) is 8.45. The van der Waals surface area contributed by atoms with E-state index in [2.05, 4.69) is 14.8 Å². The summed E-state index contributed by atoms with van der Waals surface area (Å²) in [5, 5.41) is 3.28. The summed E-state index contributed by atoms with van der Waals surface area (Å²) in [4.78, 5) is 0. The van der Waals surface area contributed by atoms with Crippen LogP contribution in [0, 0.1) is 0 Å². The highest BCUT2D eigenvalue weighted by molar-refractivity contribution is 7.87. The Morgan fingerprint density at radius 3 is 2.47 bits per heavy atom. The van der Waals surface area contributed by atoms with E-state index in [0.29, 0.717) is 25.7 Å². The number of hydrogen-bond acceptors (Lipinski definition) is 4. The number of ether oxygens (including phenoxy) is 1. The van der Waals surface area contributed by atoms with Gasteiger partial charge in [-0.25, -0.2) is 4.72 Å². The third-order valence-corrected chi connectivity index (χ3v) is 4.16. The number of piperidine rings is 1. The van der Waals surface area contributed by atoms with Crippen LogP contribution in [0.15, 0.2) is 0 Å². The summed E-state index contributed by atoms with van der Waals surface area (Å²) >= 11 is 0. The molecule has 1 aliphatic heterocycles. The molecule has 0 aromatic heterocycles. The summed E-state index contributed by atoms with van der Waals surface area (Å²) in [5.74, 6) is 0. The van der Waals surface area contributed by atoms with E-state index in [-0.39, 0.29) is 0 Å². The molecule has 0 spiro atoms. The maximum Gasteiger partial charge on any atom is 0.277 e. The summed E-state index contributed by atoms with van der Waals surface area (Å²) in [7, 11) is -3.41. The highest BCUT2D eigenvalue weighted by Crippen LogP contribution is 2.07. The molecule has 1 fully saturated rings. The van der Waals surface area contributed by atoms with Crippen molar-refractivity contribution < 1.29 is 13.2 Å². The van der Waals surface area contributed by atoms with Gasteiger partial charge in [-0.05, 0) is 53.1 Å². The van der Waals surface area contributed by atoms with Gasteiger partial charge in [-0.2, -0.15) is 13.1 Å². The molecule has 0 bridgehead atoms. The molecule has 0 saturated carbocycles. The minimum absolute atomic E-state index is 0.325. The molecule has 1 rings (SSSR count). The fourth-order valence-corrected chi connectivity index (χ4v) is 3.22. The second kappa shape index (κ2) is 7.54. The average Bonchev–Trinajstić information content (AvgIpc) is 2.26. The highest BCUT2D eigenvalue weighted by Gasteiger charge is 2.19. The minimum Gasteiger partial charge on any atom is -0.378 e. The summed E-state index contributed by atoms with van der Waals surface area (Å²) in [6.07, 6.45) is 3.09. The Bertz CT molecular complexity index is 346. The van der Waals surface area contributed by atoms with Gasteiger partial charge in [0.1, 0.15) is 0 Å². The van der Waals surface area contributed by atoms with E-state index >= 15 is 0 Å². The molecule has 19 heavy (non-hydrogen) atoms. The summed E-state index contributed by atoms with van der Waals surface area (Å²) in [6, 6.07) is 0. The third kappa shape index (κ3) is 8.54. The molecule has 0 unspecified atom stereocenters. The molecular formula is C12H27N3O3S. The molecule has 114 valence electrons. The predicted molar refractivity (Wildman–Crippen MR) is 76.3 cm³/mol. The quantitative estimate of drug-likeness (QED) is 0.593. The largest absolute Gasteiger partial charge is 0.378 e. The molecule has 0 radical (unpaired) electrons. The van der Waals surface area contributed by atoms with Crippen molar-refractivity contribution >= 4 is 10.2 Å². The van der Waals surface area contributed by atoms with Crippen LogP contribution >= 0.6 is 0 Å². The van der Waals surface area contributed by atoms with Crippen molar-refractivity contribution in [3.63, 3.8) is 0 Å². The van der Waals surface area contributed by atoms with Crippen LogP contribution in [0.4, 0.5) is 0 Å². The predicted octanol–water partition coefficient (Wildman–Crippen LogP) is 0.368. The van der Waals surface area contributed by atoms with Crippen LogP contribution in [0.5, 0.6) is 0 Å². The third-order valence-electron chi connectivity index (χ3n) is 2.69. The van der Waals surface area contributed by atoms with Gasteiger partial charge in [0.05, 0.1) is 6.10 Å². The Kier molecular flexibility index (Phi) is 6.68. The Labute approximate surface area is 116 Å². The van der Waals surface area contributed by atoms with Gasteiger partial charge >= 0.3 is 0 Å². The van der Waals surface area contributed by atoms with E-state index in [9.17, 15) is 8.42 Å². The zero-order chi connectivity index (χ0) is 14.4. The maximum atomic E-state index is 11.6. The van der Waals surface area contributed by atoms with Gasteiger partial charge in [0.15, 0.2) is 0 Å². The molecule has 7 heteroatoms. The molecule has 0 amide bonds. The normalized spacial score (nSPS) is 18.7. The monoisotopic (exact) mass is 293 g/mol. The smallest absolute Gasteiger partial charge is 0.277 e. The van der Waals surface area contributed by atoms with Crippen LogP contribution in [0.2, 0.25) is 0 Å². The van der Waals surface area contributed by atoms with Crippen molar-refractivity contribution in [2.75, 3.05) is 26.2 Å². The van der Waals surface area contributed by atoms with E-state index in [0.717, 1.165) is 25.9 Å². The zero-order valence-electron chi connectivity index (χ0n) is 12.2. The van der Waals surface area contributed by atoms with Crippen LogP contribution in [0.1, 0.15) is 40.0 Å². The van der Waals surface area contributed by atoms with Crippen LogP contribution in [0.3, 0.4) is 0 Å². The molecule has 0 atom stereocenters. The highest BCUT2D eigenvalue weighted by atomic mass is 32.2. The molecule has 6 nitrogen and oxygen atoms in total. The Balaban J connectivity index is 2.09. The molecule has 3 N–H and O–H groups in total. The Morgan fingerprint density at radius 2 is 1.89 bits per heavy atom. The lowest BCUT2D eigenvalue weighted by Crippen LogP contribution is -2.47. The topological polar surface area (TPSA) is 79.5 Å². The summed E-state index contributed by atoms with van der Waals surface area (Å²) < 4.78 is 34.1. The molecule has 0 aromatic rings. The van der Waals surface area contributed by atoms with Gasteiger partial charge < -0.3 is 10.1 Å². The summed E-state index contributed by atoms with van der Waals surface area (Å²) in [5.41, 5.74) is -0.461. The molecule has 1 saturated heterocycles. The van der Waals surface area contributed by atoms with E-state index in [4.69, 9.17) is 4.74 Å². The molecule has 1 aliphatic rings.